The fraction of sp³-hybridized carbons (Fsp3) is 0.500. The summed E-state index contributed by atoms with van der Waals surface area (Å²) in [5.41, 5.74) is -0.384. The van der Waals surface area contributed by atoms with E-state index >= 15 is 0 Å². The van der Waals surface area contributed by atoms with Gasteiger partial charge in [0.2, 0.25) is 10.0 Å². The Kier molecular flexibility index (Phi) is 5.79. The molecule has 1 fully saturated rings. The first-order chi connectivity index (χ1) is 11.2. The smallest absolute Gasteiger partial charge is 0.282 e. The highest BCUT2D eigenvalue weighted by molar-refractivity contribution is 7.88. The number of nitrogens with zero attached hydrogens (tertiary/aromatic N) is 2. The zero-order valence-electron chi connectivity index (χ0n) is 13.1. The number of sulfonamides is 1. The number of nitro groups is 1. The number of piperidine rings is 1. The van der Waals surface area contributed by atoms with Crippen molar-refractivity contribution in [2.75, 3.05) is 25.9 Å². The number of halogens is 1. The maximum Gasteiger partial charge on any atom is 0.282 e. The van der Waals surface area contributed by atoms with Gasteiger partial charge in [0.25, 0.3) is 11.6 Å². The highest BCUT2D eigenvalue weighted by Gasteiger charge is 2.26. The van der Waals surface area contributed by atoms with Crippen LogP contribution in [-0.4, -0.2) is 49.4 Å². The van der Waals surface area contributed by atoms with Crippen LogP contribution in [0.25, 0.3) is 0 Å². The lowest BCUT2D eigenvalue weighted by molar-refractivity contribution is -0.385. The molecule has 2 rings (SSSR count). The summed E-state index contributed by atoms with van der Waals surface area (Å²) in [5.74, 6) is -0.431. The van der Waals surface area contributed by atoms with E-state index in [1.807, 2.05) is 0 Å². The van der Waals surface area contributed by atoms with Gasteiger partial charge in [-0.05, 0) is 30.9 Å². The maximum absolute atomic E-state index is 12.2. The second-order valence-corrected chi connectivity index (χ2v) is 8.15. The molecule has 0 bridgehead atoms. The zero-order chi connectivity index (χ0) is 17.9. The number of carbonyl (C=O) groups is 1. The third-order valence-electron chi connectivity index (χ3n) is 3.99. The van der Waals surface area contributed by atoms with Crippen molar-refractivity contribution >= 4 is 33.2 Å². The van der Waals surface area contributed by atoms with Gasteiger partial charge in [-0.15, -0.1) is 0 Å². The van der Waals surface area contributed by atoms with Crippen molar-refractivity contribution < 1.29 is 18.1 Å². The molecule has 1 aliphatic rings. The summed E-state index contributed by atoms with van der Waals surface area (Å²) in [6.45, 7) is 1.16. The van der Waals surface area contributed by atoms with Gasteiger partial charge in [0.15, 0.2) is 0 Å². The van der Waals surface area contributed by atoms with E-state index < -0.39 is 20.9 Å². The van der Waals surface area contributed by atoms with E-state index in [1.54, 1.807) is 0 Å². The van der Waals surface area contributed by atoms with Gasteiger partial charge >= 0.3 is 0 Å². The molecule has 24 heavy (non-hydrogen) atoms. The summed E-state index contributed by atoms with van der Waals surface area (Å²) in [4.78, 5) is 22.6. The number of nitrogens with one attached hydrogen (secondary N) is 1. The molecule has 1 aromatic carbocycles. The summed E-state index contributed by atoms with van der Waals surface area (Å²) in [6.07, 6.45) is 2.43. The number of amides is 1. The second kappa shape index (κ2) is 7.45. The molecule has 0 unspecified atom stereocenters. The van der Waals surface area contributed by atoms with Crippen LogP contribution in [0.4, 0.5) is 5.69 Å². The van der Waals surface area contributed by atoms with E-state index in [4.69, 9.17) is 11.6 Å². The third-order valence-corrected chi connectivity index (χ3v) is 5.53. The van der Waals surface area contributed by atoms with Crippen LogP contribution in [0, 0.1) is 16.0 Å². The van der Waals surface area contributed by atoms with E-state index in [-0.39, 0.29) is 22.2 Å². The molecule has 8 nitrogen and oxygen atoms in total. The van der Waals surface area contributed by atoms with Gasteiger partial charge in [-0.1, -0.05) is 11.6 Å². The number of benzene rings is 1. The Hall–Kier alpha value is -1.71. The number of hydrogen-bond acceptors (Lipinski definition) is 5. The van der Waals surface area contributed by atoms with E-state index in [0.29, 0.717) is 32.5 Å². The summed E-state index contributed by atoms with van der Waals surface area (Å²) in [6, 6.07) is 3.82. The van der Waals surface area contributed by atoms with Crippen LogP contribution >= 0.6 is 11.6 Å². The van der Waals surface area contributed by atoms with Crippen LogP contribution in [0.1, 0.15) is 23.2 Å². The second-order valence-electron chi connectivity index (χ2n) is 5.73. The summed E-state index contributed by atoms with van der Waals surface area (Å²) < 4.78 is 24.3. The van der Waals surface area contributed by atoms with Gasteiger partial charge < -0.3 is 5.32 Å². The molecule has 132 valence electrons. The number of rotatable bonds is 5. The zero-order valence-corrected chi connectivity index (χ0v) is 14.6. The van der Waals surface area contributed by atoms with Crippen molar-refractivity contribution in [3.05, 3.63) is 38.9 Å². The van der Waals surface area contributed by atoms with Crippen molar-refractivity contribution in [3.63, 3.8) is 0 Å². The minimum Gasteiger partial charge on any atom is -0.352 e. The van der Waals surface area contributed by atoms with Crippen molar-refractivity contribution in [3.8, 4) is 0 Å². The van der Waals surface area contributed by atoms with Crippen LogP contribution in [-0.2, 0) is 10.0 Å². The van der Waals surface area contributed by atoms with Gasteiger partial charge in [0.1, 0.15) is 5.56 Å². The van der Waals surface area contributed by atoms with Gasteiger partial charge in [0, 0.05) is 30.7 Å². The van der Waals surface area contributed by atoms with E-state index in [0.717, 1.165) is 0 Å². The topological polar surface area (TPSA) is 110 Å². The van der Waals surface area contributed by atoms with Crippen LogP contribution in [0.2, 0.25) is 5.02 Å². The lowest BCUT2D eigenvalue weighted by atomic mass is 9.98. The normalized spacial score (nSPS) is 16.8. The lowest BCUT2D eigenvalue weighted by Gasteiger charge is -2.30. The van der Waals surface area contributed by atoms with Crippen molar-refractivity contribution in [1.29, 1.82) is 0 Å². The fourth-order valence-electron chi connectivity index (χ4n) is 2.63. The Bertz CT molecular complexity index is 745. The van der Waals surface area contributed by atoms with Gasteiger partial charge in [-0.25, -0.2) is 12.7 Å². The van der Waals surface area contributed by atoms with Gasteiger partial charge in [0.05, 0.1) is 11.2 Å². The highest BCUT2D eigenvalue weighted by Crippen LogP contribution is 2.23. The molecule has 1 N–H and O–H groups in total. The molecular weight excluding hydrogens is 358 g/mol. The van der Waals surface area contributed by atoms with E-state index in [2.05, 4.69) is 5.32 Å². The lowest BCUT2D eigenvalue weighted by Crippen LogP contribution is -2.41. The molecule has 1 heterocycles. The largest absolute Gasteiger partial charge is 0.352 e. The summed E-state index contributed by atoms with van der Waals surface area (Å²) >= 11 is 5.81. The molecule has 0 aliphatic carbocycles. The minimum absolute atomic E-state index is 0.0823. The Balaban J connectivity index is 1.95. The average Bonchev–Trinajstić information content (AvgIpc) is 2.51. The summed E-state index contributed by atoms with van der Waals surface area (Å²) in [5, 5.41) is 13.9. The Morgan fingerprint density at radius 3 is 2.58 bits per heavy atom. The Morgan fingerprint density at radius 1 is 1.42 bits per heavy atom. The molecule has 1 amide bonds. The number of carbonyl (C=O) groups excluding carboxylic acids is 1. The first kappa shape index (κ1) is 18.6. The minimum atomic E-state index is -3.19. The third kappa shape index (κ3) is 4.65. The molecule has 0 atom stereocenters. The molecule has 1 saturated heterocycles. The van der Waals surface area contributed by atoms with Crippen molar-refractivity contribution in [1.82, 2.24) is 9.62 Å². The Morgan fingerprint density at radius 2 is 2.04 bits per heavy atom. The van der Waals surface area contributed by atoms with E-state index in [9.17, 15) is 23.3 Å². The summed E-state index contributed by atoms with van der Waals surface area (Å²) in [7, 11) is -3.19. The molecule has 0 saturated carbocycles. The van der Waals surface area contributed by atoms with E-state index in [1.165, 1.54) is 28.8 Å². The van der Waals surface area contributed by atoms with Crippen molar-refractivity contribution in [2.24, 2.45) is 5.92 Å². The molecule has 1 aliphatic heterocycles. The number of nitro benzene ring substituents is 1. The predicted molar refractivity (Wildman–Crippen MR) is 89.6 cm³/mol. The monoisotopic (exact) mass is 375 g/mol. The van der Waals surface area contributed by atoms with Crippen LogP contribution in [0.5, 0.6) is 0 Å². The number of hydrogen-bond donors (Lipinski definition) is 1. The SMILES string of the molecule is CS(=O)(=O)N1CCC(CNC(=O)c2cc(Cl)ccc2[N+](=O)[O-])CC1. The molecule has 10 heteroatoms. The molecular formula is C14H18ClN3O5S. The molecule has 0 spiro atoms. The van der Waals surface area contributed by atoms with Crippen LogP contribution in [0.3, 0.4) is 0 Å². The fourth-order valence-corrected chi connectivity index (χ4v) is 3.67. The average molecular weight is 376 g/mol. The quantitative estimate of drug-likeness (QED) is 0.621. The Labute approximate surface area is 145 Å². The van der Waals surface area contributed by atoms with Crippen molar-refractivity contribution in [2.45, 2.75) is 12.8 Å². The first-order valence-electron chi connectivity index (χ1n) is 7.35. The maximum atomic E-state index is 12.2. The first-order valence-corrected chi connectivity index (χ1v) is 9.58. The molecule has 0 radical (unpaired) electrons. The highest BCUT2D eigenvalue weighted by atomic mass is 35.5. The predicted octanol–water partition coefficient (Wildman–Crippen LogP) is 1.65. The van der Waals surface area contributed by atoms with Crippen LogP contribution in [0.15, 0.2) is 18.2 Å². The molecule has 0 aromatic heterocycles. The van der Waals surface area contributed by atoms with Gasteiger partial charge in [-0.2, -0.15) is 0 Å². The standard InChI is InChI=1S/C14H18ClN3O5S/c1-24(22,23)17-6-4-10(5-7-17)9-16-14(19)12-8-11(15)2-3-13(12)18(20)21/h2-3,8,10H,4-7,9H2,1H3,(H,16,19). The molecule has 1 aromatic rings. The van der Waals surface area contributed by atoms with Crippen LogP contribution < -0.4 is 5.32 Å². The van der Waals surface area contributed by atoms with Gasteiger partial charge in [-0.3, -0.25) is 14.9 Å².